The van der Waals surface area contributed by atoms with Gasteiger partial charge in [-0.1, -0.05) is 6.92 Å². The predicted octanol–water partition coefficient (Wildman–Crippen LogP) is 1.16. The molecule has 0 saturated carbocycles. The highest BCUT2D eigenvalue weighted by Crippen LogP contribution is 2.17. The van der Waals surface area contributed by atoms with Gasteiger partial charge < -0.3 is 24.7 Å². The summed E-state index contributed by atoms with van der Waals surface area (Å²) in [7, 11) is 0. The van der Waals surface area contributed by atoms with Crippen molar-refractivity contribution in [3.05, 3.63) is 34.4 Å². The topological polar surface area (TPSA) is 133 Å². The second kappa shape index (κ2) is 11.8. The zero-order chi connectivity index (χ0) is 20.2. The van der Waals surface area contributed by atoms with Gasteiger partial charge in [-0.3, -0.25) is 10.1 Å². The van der Waals surface area contributed by atoms with Crippen LogP contribution >= 0.6 is 0 Å². The van der Waals surface area contributed by atoms with Gasteiger partial charge >= 0.3 is 11.9 Å². The van der Waals surface area contributed by atoms with Crippen molar-refractivity contribution in [2.75, 3.05) is 45.9 Å². The van der Waals surface area contributed by atoms with Gasteiger partial charge in [0.15, 0.2) is 0 Å². The Labute approximate surface area is 157 Å². The number of non-ortho nitro benzene ring substituents is 1. The van der Waals surface area contributed by atoms with Crippen LogP contribution in [0.2, 0.25) is 0 Å². The van der Waals surface area contributed by atoms with Crippen LogP contribution in [-0.2, 0) is 9.59 Å². The van der Waals surface area contributed by atoms with Gasteiger partial charge in [0.05, 0.1) is 11.5 Å². The highest BCUT2D eigenvalue weighted by Gasteiger charge is 2.14. The van der Waals surface area contributed by atoms with Crippen molar-refractivity contribution in [1.82, 2.24) is 9.80 Å². The molecule has 0 spiro atoms. The lowest BCUT2D eigenvalue weighted by Gasteiger charge is -2.33. The number of carboxylic acids is 2. The first-order valence-electron chi connectivity index (χ1n) is 8.61. The minimum absolute atomic E-state index is 0.0937. The first-order valence-corrected chi connectivity index (χ1v) is 8.61. The van der Waals surface area contributed by atoms with Crippen molar-refractivity contribution >= 4 is 17.6 Å². The number of nitro groups is 1. The summed E-state index contributed by atoms with van der Waals surface area (Å²) in [6, 6.07) is 6.24. The lowest BCUT2D eigenvalue weighted by Crippen LogP contribution is -2.46. The molecule has 2 N–H and O–H groups in total. The zero-order valence-electron chi connectivity index (χ0n) is 15.2. The molecule has 1 heterocycles. The van der Waals surface area contributed by atoms with E-state index in [1.54, 1.807) is 12.1 Å². The molecule has 1 aromatic carbocycles. The quantitative estimate of drug-likeness (QED) is 0.308. The molecule has 1 fully saturated rings. The summed E-state index contributed by atoms with van der Waals surface area (Å²) in [5.41, 5.74) is 0.0937. The molecule has 10 nitrogen and oxygen atoms in total. The number of ether oxygens (including phenoxy) is 1. The van der Waals surface area contributed by atoms with Gasteiger partial charge in [-0.15, -0.1) is 0 Å². The van der Waals surface area contributed by atoms with Crippen LogP contribution in [0.5, 0.6) is 5.75 Å². The van der Waals surface area contributed by atoms with E-state index in [4.69, 9.17) is 24.5 Å². The summed E-state index contributed by atoms with van der Waals surface area (Å²) in [6.07, 6.45) is 0.975. The number of carboxylic acid groups (broad SMARTS) is 2. The number of rotatable bonds is 7. The number of carbonyl (C=O) groups is 2. The summed E-state index contributed by atoms with van der Waals surface area (Å²) >= 11 is 0. The van der Waals surface area contributed by atoms with Gasteiger partial charge in [-0.05, 0) is 25.1 Å². The van der Waals surface area contributed by atoms with E-state index in [2.05, 4.69) is 16.7 Å². The van der Waals surface area contributed by atoms with E-state index in [0.717, 1.165) is 45.7 Å². The van der Waals surface area contributed by atoms with Crippen LogP contribution in [0.3, 0.4) is 0 Å². The molecule has 1 saturated heterocycles. The maximum Gasteiger partial charge on any atom is 0.414 e. The van der Waals surface area contributed by atoms with Crippen LogP contribution in [0.25, 0.3) is 0 Å². The summed E-state index contributed by atoms with van der Waals surface area (Å²) < 4.78 is 5.61. The second-order valence-corrected chi connectivity index (χ2v) is 5.84. The van der Waals surface area contributed by atoms with Crippen molar-refractivity contribution < 1.29 is 29.5 Å². The van der Waals surface area contributed by atoms with E-state index < -0.39 is 16.9 Å². The molecule has 2 rings (SSSR count). The number of hydrogen-bond acceptors (Lipinski definition) is 7. The lowest BCUT2D eigenvalue weighted by atomic mass is 10.3. The van der Waals surface area contributed by atoms with E-state index in [9.17, 15) is 10.1 Å². The molecular weight excluding hydrogens is 358 g/mol. The summed E-state index contributed by atoms with van der Waals surface area (Å²) in [5, 5.41) is 25.3. The Morgan fingerprint density at radius 1 is 1.07 bits per heavy atom. The third-order valence-electron chi connectivity index (χ3n) is 4.03. The molecule has 1 aromatic rings. The lowest BCUT2D eigenvalue weighted by molar-refractivity contribution is -0.384. The maximum atomic E-state index is 10.5. The fourth-order valence-electron chi connectivity index (χ4n) is 2.47. The molecule has 0 unspecified atom stereocenters. The van der Waals surface area contributed by atoms with Crippen LogP contribution in [0.4, 0.5) is 5.69 Å². The fourth-order valence-corrected chi connectivity index (χ4v) is 2.47. The second-order valence-electron chi connectivity index (χ2n) is 5.84. The predicted molar refractivity (Wildman–Crippen MR) is 97.0 cm³/mol. The van der Waals surface area contributed by atoms with Crippen LogP contribution in [-0.4, -0.2) is 82.8 Å². The Bertz CT molecular complexity index is 601. The Hall–Kier alpha value is -2.72. The zero-order valence-corrected chi connectivity index (χ0v) is 15.2. The van der Waals surface area contributed by atoms with Gasteiger partial charge in [0.2, 0.25) is 0 Å². The van der Waals surface area contributed by atoms with E-state index in [-0.39, 0.29) is 5.69 Å². The smallest absolute Gasteiger partial charge is 0.414 e. The van der Waals surface area contributed by atoms with Gasteiger partial charge in [-0.25, -0.2) is 9.59 Å². The molecule has 1 aliphatic rings. The molecule has 1 aliphatic heterocycles. The molecular formula is C17H25N3O7. The van der Waals surface area contributed by atoms with Gasteiger partial charge in [0.1, 0.15) is 5.75 Å². The minimum atomic E-state index is -1.82. The van der Waals surface area contributed by atoms with E-state index in [1.807, 2.05) is 0 Å². The average Bonchev–Trinajstić information content (AvgIpc) is 2.66. The minimum Gasteiger partial charge on any atom is -0.494 e. The van der Waals surface area contributed by atoms with E-state index >= 15 is 0 Å². The molecule has 27 heavy (non-hydrogen) atoms. The van der Waals surface area contributed by atoms with Crippen molar-refractivity contribution in [3.63, 3.8) is 0 Å². The van der Waals surface area contributed by atoms with Crippen molar-refractivity contribution in [3.8, 4) is 5.75 Å². The normalized spacial score (nSPS) is 14.7. The molecule has 0 amide bonds. The first kappa shape index (κ1) is 22.3. The average molecular weight is 383 g/mol. The number of nitro benzene ring substituents is 1. The van der Waals surface area contributed by atoms with Crippen molar-refractivity contribution in [2.24, 2.45) is 0 Å². The molecule has 0 aromatic heterocycles. The molecule has 0 bridgehead atoms. The van der Waals surface area contributed by atoms with Gasteiger partial charge in [0.25, 0.3) is 5.69 Å². The Balaban J connectivity index is 0.000000527. The highest BCUT2D eigenvalue weighted by molar-refractivity contribution is 6.27. The number of likely N-dealkylation sites (N-methyl/N-ethyl adjacent to an activating group) is 1. The molecule has 150 valence electrons. The SMILES string of the molecule is CCN1CCN(CCCOc2ccc([N+](=O)[O-])cc2)CC1.O=C(O)C(=O)O. The van der Waals surface area contributed by atoms with Crippen LogP contribution in [0.1, 0.15) is 13.3 Å². The number of aliphatic carboxylic acids is 2. The third kappa shape index (κ3) is 8.97. The molecule has 0 radical (unpaired) electrons. The fraction of sp³-hybridized carbons (Fsp3) is 0.529. The Kier molecular flexibility index (Phi) is 9.76. The van der Waals surface area contributed by atoms with Crippen LogP contribution in [0.15, 0.2) is 24.3 Å². The number of benzene rings is 1. The largest absolute Gasteiger partial charge is 0.494 e. The number of nitrogens with zero attached hydrogens (tertiary/aromatic N) is 3. The summed E-state index contributed by atoms with van der Waals surface area (Å²) in [5.74, 6) is -2.96. The van der Waals surface area contributed by atoms with E-state index in [0.29, 0.717) is 12.4 Å². The van der Waals surface area contributed by atoms with Gasteiger partial charge in [0, 0.05) is 44.9 Å². The van der Waals surface area contributed by atoms with Crippen molar-refractivity contribution in [2.45, 2.75) is 13.3 Å². The molecule has 0 atom stereocenters. The van der Waals surface area contributed by atoms with Crippen molar-refractivity contribution in [1.29, 1.82) is 0 Å². The number of hydrogen-bond donors (Lipinski definition) is 2. The van der Waals surface area contributed by atoms with Crippen LogP contribution < -0.4 is 4.74 Å². The van der Waals surface area contributed by atoms with Gasteiger partial charge in [-0.2, -0.15) is 0 Å². The van der Waals surface area contributed by atoms with E-state index in [1.165, 1.54) is 12.1 Å². The summed E-state index contributed by atoms with van der Waals surface area (Å²) in [4.78, 5) is 33.3. The highest BCUT2D eigenvalue weighted by atomic mass is 16.6. The standard InChI is InChI=1S/C15H23N3O3.C2H2O4/c1-2-16-9-11-17(12-10-16)8-3-13-21-15-6-4-14(5-7-15)18(19)20;3-1(4)2(5)6/h4-7H,2-3,8-13H2,1H3;(H,3,4)(H,5,6). The molecule has 10 heteroatoms. The summed E-state index contributed by atoms with van der Waals surface area (Å²) in [6.45, 7) is 9.59. The van der Waals surface area contributed by atoms with Crippen LogP contribution in [0, 0.1) is 10.1 Å². The third-order valence-corrected chi connectivity index (χ3v) is 4.03. The number of piperazine rings is 1. The Morgan fingerprint density at radius 2 is 1.59 bits per heavy atom. The monoisotopic (exact) mass is 383 g/mol. The maximum absolute atomic E-state index is 10.5. The molecule has 0 aliphatic carbocycles. The Morgan fingerprint density at radius 3 is 2.04 bits per heavy atom. The first-order chi connectivity index (χ1) is 12.8.